The van der Waals surface area contributed by atoms with Gasteiger partial charge in [0.2, 0.25) is 12.0 Å². The molecule has 1 aliphatic carbocycles. The number of carbonyl (C=O) groups excluding carboxylic acids is 2. The van der Waals surface area contributed by atoms with Crippen molar-refractivity contribution >= 4 is 17.5 Å². The minimum Gasteiger partial charge on any atom is -0.482 e. The first-order chi connectivity index (χ1) is 13.1. The zero-order valence-corrected chi connectivity index (χ0v) is 15.1. The summed E-state index contributed by atoms with van der Waals surface area (Å²) >= 11 is 0. The first kappa shape index (κ1) is 17.4. The number of carbonyl (C=O) groups is 2. The van der Waals surface area contributed by atoms with Crippen LogP contribution in [-0.2, 0) is 16.1 Å². The summed E-state index contributed by atoms with van der Waals surface area (Å²) in [5.41, 5.74) is 1.65. The Labute approximate surface area is 157 Å². The lowest BCUT2D eigenvalue weighted by Crippen LogP contribution is -2.48. The minimum absolute atomic E-state index is 0.0661. The van der Waals surface area contributed by atoms with Crippen LogP contribution >= 0.6 is 0 Å². The molecule has 1 heterocycles. The summed E-state index contributed by atoms with van der Waals surface area (Å²) in [6.45, 7) is 2.16. The Balaban J connectivity index is 1.36. The van der Waals surface area contributed by atoms with Crippen molar-refractivity contribution < 1.29 is 19.1 Å². The van der Waals surface area contributed by atoms with E-state index in [1.807, 2.05) is 49.4 Å². The van der Waals surface area contributed by atoms with Crippen LogP contribution in [0.5, 0.6) is 11.5 Å². The highest BCUT2D eigenvalue weighted by molar-refractivity contribution is 5.94. The second-order valence-corrected chi connectivity index (χ2v) is 6.99. The van der Waals surface area contributed by atoms with Crippen LogP contribution in [0.3, 0.4) is 0 Å². The van der Waals surface area contributed by atoms with E-state index in [-0.39, 0.29) is 23.8 Å². The van der Waals surface area contributed by atoms with Crippen molar-refractivity contribution in [2.75, 3.05) is 5.32 Å². The first-order valence-corrected chi connectivity index (χ1v) is 9.20. The number of hydrogen-bond donors (Lipinski definition) is 2. The number of nitrogens with one attached hydrogen (secondary N) is 2. The Kier molecular flexibility index (Phi) is 4.71. The minimum atomic E-state index is -0.711. The molecule has 4 rings (SSSR count). The van der Waals surface area contributed by atoms with Gasteiger partial charge in [0.1, 0.15) is 6.10 Å². The largest absolute Gasteiger partial charge is 0.482 e. The lowest BCUT2D eigenvalue weighted by Gasteiger charge is -2.31. The molecule has 1 saturated carbocycles. The third-order valence-corrected chi connectivity index (χ3v) is 4.71. The molecule has 27 heavy (non-hydrogen) atoms. The molecule has 140 valence electrons. The fraction of sp³-hybridized carbons (Fsp3) is 0.333. The van der Waals surface area contributed by atoms with Gasteiger partial charge in [-0.15, -0.1) is 0 Å². The van der Waals surface area contributed by atoms with Gasteiger partial charge in [-0.3, -0.25) is 9.59 Å². The third-order valence-electron chi connectivity index (χ3n) is 4.71. The zero-order chi connectivity index (χ0) is 18.8. The predicted octanol–water partition coefficient (Wildman–Crippen LogP) is 2.88. The van der Waals surface area contributed by atoms with Gasteiger partial charge in [0, 0.05) is 18.2 Å². The van der Waals surface area contributed by atoms with Crippen LogP contribution < -0.4 is 20.1 Å². The van der Waals surface area contributed by atoms with Crippen molar-refractivity contribution in [2.24, 2.45) is 5.92 Å². The van der Waals surface area contributed by atoms with Gasteiger partial charge in [0.15, 0.2) is 11.5 Å². The smallest absolute Gasteiger partial charge is 0.265 e. The molecule has 0 aromatic heterocycles. The van der Waals surface area contributed by atoms with Crippen molar-refractivity contribution in [1.82, 2.24) is 5.32 Å². The molecule has 6 heteroatoms. The van der Waals surface area contributed by atoms with Crippen molar-refractivity contribution in [3.05, 3.63) is 54.1 Å². The van der Waals surface area contributed by atoms with E-state index in [4.69, 9.17) is 9.47 Å². The normalized spacial score (nSPS) is 20.6. The van der Waals surface area contributed by atoms with Crippen molar-refractivity contribution in [1.29, 1.82) is 0 Å². The Morgan fingerprint density at radius 1 is 1.00 bits per heavy atom. The molecule has 0 spiro atoms. The summed E-state index contributed by atoms with van der Waals surface area (Å²) in [7, 11) is 0. The van der Waals surface area contributed by atoms with Gasteiger partial charge in [-0.1, -0.05) is 24.3 Å². The summed E-state index contributed by atoms with van der Waals surface area (Å²) in [4.78, 5) is 24.5. The first-order valence-electron chi connectivity index (χ1n) is 9.20. The van der Waals surface area contributed by atoms with Crippen LogP contribution in [0, 0.1) is 5.92 Å². The summed E-state index contributed by atoms with van der Waals surface area (Å²) in [6.07, 6.45) is 0.834. The Bertz CT molecular complexity index is 863. The molecule has 2 aromatic rings. The van der Waals surface area contributed by atoms with Crippen molar-refractivity contribution in [3.63, 3.8) is 0 Å². The highest BCUT2D eigenvalue weighted by Crippen LogP contribution is 2.33. The number of amides is 2. The van der Waals surface area contributed by atoms with Gasteiger partial charge in [0.05, 0.1) is 0 Å². The van der Waals surface area contributed by atoms with Gasteiger partial charge >= 0.3 is 0 Å². The van der Waals surface area contributed by atoms with E-state index in [0.29, 0.717) is 18.0 Å². The van der Waals surface area contributed by atoms with Crippen molar-refractivity contribution in [2.45, 2.75) is 38.5 Å². The molecule has 1 aliphatic heterocycles. The Morgan fingerprint density at radius 3 is 2.48 bits per heavy atom. The lowest BCUT2D eigenvalue weighted by molar-refractivity contribution is -0.133. The van der Waals surface area contributed by atoms with E-state index in [9.17, 15) is 9.59 Å². The maximum Gasteiger partial charge on any atom is 0.265 e. The number of fused-ring (bicyclic) bond motifs is 1. The van der Waals surface area contributed by atoms with Crippen LogP contribution in [-0.4, -0.2) is 24.0 Å². The molecular weight excluding hydrogens is 344 g/mol. The van der Waals surface area contributed by atoms with E-state index in [1.54, 1.807) is 6.07 Å². The van der Waals surface area contributed by atoms with Crippen LogP contribution in [0.25, 0.3) is 0 Å². The molecule has 0 bridgehead atoms. The second kappa shape index (κ2) is 7.31. The van der Waals surface area contributed by atoms with E-state index in [1.165, 1.54) is 0 Å². The fourth-order valence-corrected chi connectivity index (χ4v) is 3.04. The fourth-order valence-electron chi connectivity index (χ4n) is 3.04. The number of anilines is 1. The monoisotopic (exact) mass is 366 g/mol. The number of benzene rings is 2. The maximum atomic E-state index is 12.6. The van der Waals surface area contributed by atoms with Gasteiger partial charge in [-0.05, 0) is 49.6 Å². The number of rotatable bonds is 5. The summed E-state index contributed by atoms with van der Waals surface area (Å²) < 4.78 is 11.6. The van der Waals surface area contributed by atoms with Gasteiger partial charge < -0.3 is 20.1 Å². The predicted molar refractivity (Wildman–Crippen MR) is 101 cm³/mol. The molecular formula is C21H22N2O4. The second-order valence-electron chi connectivity index (χ2n) is 6.99. The van der Waals surface area contributed by atoms with Gasteiger partial charge in [-0.25, -0.2) is 0 Å². The van der Waals surface area contributed by atoms with Gasteiger partial charge in [-0.2, -0.15) is 0 Å². The number of para-hydroxylation sites is 2. The maximum absolute atomic E-state index is 12.6. The summed E-state index contributed by atoms with van der Waals surface area (Å²) in [5.74, 6) is 1.20. The molecule has 2 atom stereocenters. The standard InChI is InChI=1S/C21H22N2O4/c1-13-19(27-18-8-3-2-7-17(18)26-13)21(25)22-12-14-5-4-6-16(11-14)23-20(24)15-9-10-15/h2-8,11,13,15,19H,9-10,12H2,1H3,(H,22,25)(H,23,24)/t13-,19-/m1/s1. The molecule has 2 amide bonds. The quantitative estimate of drug-likeness (QED) is 0.853. The average Bonchev–Trinajstić information content (AvgIpc) is 3.51. The Hall–Kier alpha value is -3.02. The summed E-state index contributed by atoms with van der Waals surface area (Å²) in [6, 6.07) is 14.8. The SMILES string of the molecule is C[C@H]1Oc2ccccc2O[C@H]1C(=O)NCc1cccc(NC(=O)C2CC2)c1. The molecule has 2 N–H and O–H groups in total. The average molecular weight is 366 g/mol. The van der Waals surface area contributed by atoms with Crippen LogP contribution in [0.15, 0.2) is 48.5 Å². The zero-order valence-electron chi connectivity index (χ0n) is 15.1. The highest BCUT2D eigenvalue weighted by atomic mass is 16.6. The molecule has 1 fully saturated rings. The topological polar surface area (TPSA) is 76.7 Å². The van der Waals surface area contributed by atoms with E-state index >= 15 is 0 Å². The third kappa shape index (κ3) is 4.05. The molecule has 0 radical (unpaired) electrons. The van der Waals surface area contributed by atoms with E-state index in [0.717, 1.165) is 24.1 Å². The molecule has 0 unspecified atom stereocenters. The lowest BCUT2D eigenvalue weighted by atomic mass is 10.1. The summed E-state index contributed by atoms with van der Waals surface area (Å²) in [5, 5.41) is 5.81. The van der Waals surface area contributed by atoms with Crippen molar-refractivity contribution in [3.8, 4) is 11.5 Å². The molecule has 0 saturated heterocycles. The van der Waals surface area contributed by atoms with E-state index in [2.05, 4.69) is 10.6 Å². The highest BCUT2D eigenvalue weighted by Gasteiger charge is 2.34. The van der Waals surface area contributed by atoms with Crippen LogP contribution in [0.1, 0.15) is 25.3 Å². The van der Waals surface area contributed by atoms with Crippen LogP contribution in [0.2, 0.25) is 0 Å². The molecule has 6 nitrogen and oxygen atoms in total. The number of hydrogen-bond acceptors (Lipinski definition) is 4. The van der Waals surface area contributed by atoms with Crippen LogP contribution in [0.4, 0.5) is 5.69 Å². The van der Waals surface area contributed by atoms with Gasteiger partial charge in [0.25, 0.3) is 5.91 Å². The number of ether oxygens (including phenoxy) is 2. The molecule has 2 aliphatic rings. The molecule has 2 aromatic carbocycles. The Morgan fingerprint density at radius 2 is 1.74 bits per heavy atom. The van der Waals surface area contributed by atoms with E-state index < -0.39 is 6.10 Å².